The number of hydrogen-bond donors (Lipinski definition) is 1. The highest BCUT2D eigenvalue weighted by molar-refractivity contribution is 7.91. The van der Waals surface area contributed by atoms with Gasteiger partial charge in [-0.2, -0.15) is 0 Å². The van der Waals surface area contributed by atoms with Crippen LogP contribution in [0.1, 0.15) is 43.2 Å². The Balaban J connectivity index is 1.64. The first-order valence-corrected chi connectivity index (χ1v) is 10.8. The molecule has 0 aromatic carbocycles. The van der Waals surface area contributed by atoms with Gasteiger partial charge in [-0.05, 0) is 43.2 Å². The largest absolute Gasteiger partial charge is 0.349 e. The highest BCUT2D eigenvalue weighted by Gasteiger charge is 2.40. The van der Waals surface area contributed by atoms with Crippen molar-refractivity contribution in [2.24, 2.45) is 0 Å². The molecule has 7 heteroatoms. The number of amides is 1. The standard InChI is InChI=1S/C16H24N2O3S2/c1-3-13-12-5-8-22-14(12)4-7-18(13)10-15(19)17-16(2)6-9-23(20,21)11-16/h5,8,13H,3-4,6-7,9-11H2,1-2H3,(H,17,19). The molecule has 0 aliphatic carbocycles. The molecule has 1 amide bonds. The van der Waals surface area contributed by atoms with E-state index in [1.807, 2.05) is 6.92 Å². The molecule has 1 fully saturated rings. The zero-order valence-electron chi connectivity index (χ0n) is 13.7. The van der Waals surface area contributed by atoms with Crippen molar-refractivity contribution in [2.45, 2.75) is 44.7 Å². The van der Waals surface area contributed by atoms with Gasteiger partial charge in [-0.15, -0.1) is 11.3 Å². The smallest absolute Gasteiger partial charge is 0.234 e. The lowest BCUT2D eigenvalue weighted by Crippen LogP contribution is -2.51. The second-order valence-corrected chi connectivity index (χ2v) is 10.1. The van der Waals surface area contributed by atoms with E-state index in [2.05, 4.69) is 28.6 Å². The molecule has 2 unspecified atom stereocenters. The topological polar surface area (TPSA) is 66.5 Å². The minimum Gasteiger partial charge on any atom is -0.349 e. The molecule has 1 saturated heterocycles. The molecule has 1 aromatic heterocycles. The number of carbonyl (C=O) groups is 1. The van der Waals surface area contributed by atoms with Gasteiger partial charge in [0, 0.05) is 17.5 Å². The average molecular weight is 357 g/mol. The maximum Gasteiger partial charge on any atom is 0.234 e. The van der Waals surface area contributed by atoms with Crippen molar-refractivity contribution >= 4 is 27.1 Å². The van der Waals surface area contributed by atoms with Crippen LogP contribution in [0, 0.1) is 0 Å². The van der Waals surface area contributed by atoms with Crippen molar-refractivity contribution in [2.75, 3.05) is 24.6 Å². The molecule has 0 spiro atoms. The number of hydrogen-bond acceptors (Lipinski definition) is 5. The van der Waals surface area contributed by atoms with Crippen molar-refractivity contribution in [1.82, 2.24) is 10.2 Å². The summed E-state index contributed by atoms with van der Waals surface area (Å²) in [6, 6.07) is 2.46. The molecule has 3 rings (SSSR count). The Labute approximate surface area is 142 Å². The van der Waals surface area contributed by atoms with Gasteiger partial charge in [0.15, 0.2) is 9.84 Å². The Hall–Kier alpha value is -0.920. The third-order valence-electron chi connectivity index (χ3n) is 4.88. The minimum absolute atomic E-state index is 0.0532. The lowest BCUT2D eigenvalue weighted by molar-refractivity contribution is -0.124. The third kappa shape index (κ3) is 3.61. The first-order chi connectivity index (χ1) is 10.8. The zero-order chi connectivity index (χ0) is 16.7. The molecule has 1 N–H and O–H groups in total. The molecule has 2 aliphatic rings. The van der Waals surface area contributed by atoms with Gasteiger partial charge in [-0.25, -0.2) is 8.42 Å². The molecule has 1 aromatic rings. The van der Waals surface area contributed by atoms with Gasteiger partial charge in [-0.3, -0.25) is 9.69 Å². The quantitative estimate of drug-likeness (QED) is 0.893. The van der Waals surface area contributed by atoms with E-state index in [0.29, 0.717) is 13.0 Å². The zero-order valence-corrected chi connectivity index (χ0v) is 15.3. The summed E-state index contributed by atoms with van der Waals surface area (Å²) < 4.78 is 23.3. The maximum atomic E-state index is 12.5. The van der Waals surface area contributed by atoms with Gasteiger partial charge < -0.3 is 5.32 Å². The highest BCUT2D eigenvalue weighted by atomic mass is 32.2. The van der Waals surface area contributed by atoms with E-state index in [-0.39, 0.29) is 23.5 Å². The van der Waals surface area contributed by atoms with E-state index >= 15 is 0 Å². The Morgan fingerprint density at radius 1 is 1.52 bits per heavy atom. The second kappa shape index (κ2) is 6.18. The fourth-order valence-corrected chi connectivity index (χ4v) is 6.81. The molecular weight excluding hydrogens is 332 g/mol. The molecule has 2 aliphatic heterocycles. The summed E-state index contributed by atoms with van der Waals surface area (Å²) in [5.41, 5.74) is 0.743. The number of nitrogens with zero attached hydrogens (tertiary/aromatic N) is 1. The number of carbonyl (C=O) groups excluding carboxylic acids is 1. The van der Waals surface area contributed by atoms with Crippen molar-refractivity contribution in [3.63, 3.8) is 0 Å². The number of fused-ring (bicyclic) bond motifs is 1. The van der Waals surface area contributed by atoms with Crippen LogP contribution in [0.4, 0.5) is 0 Å². The van der Waals surface area contributed by atoms with E-state index in [4.69, 9.17) is 0 Å². The van der Waals surface area contributed by atoms with Crippen molar-refractivity contribution in [1.29, 1.82) is 0 Å². The van der Waals surface area contributed by atoms with Crippen LogP contribution in [0.2, 0.25) is 0 Å². The number of nitrogens with one attached hydrogen (secondary N) is 1. The van der Waals surface area contributed by atoms with E-state index in [1.54, 1.807) is 11.3 Å². The predicted molar refractivity (Wildman–Crippen MR) is 92.4 cm³/mol. The van der Waals surface area contributed by atoms with Gasteiger partial charge in [0.1, 0.15) is 0 Å². The maximum absolute atomic E-state index is 12.5. The number of thiophene rings is 1. The van der Waals surface area contributed by atoms with E-state index < -0.39 is 15.4 Å². The minimum atomic E-state index is -3.01. The summed E-state index contributed by atoms with van der Waals surface area (Å²) >= 11 is 1.80. The van der Waals surface area contributed by atoms with Gasteiger partial charge in [-0.1, -0.05) is 6.92 Å². The molecule has 5 nitrogen and oxygen atoms in total. The van der Waals surface area contributed by atoms with Crippen LogP contribution in [0.3, 0.4) is 0 Å². The van der Waals surface area contributed by atoms with Crippen LogP contribution in [0.25, 0.3) is 0 Å². The van der Waals surface area contributed by atoms with Gasteiger partial charge >= 0.3 is 0 Å². The predicted octanol–water partition coefficient (Wildman–Crippen LogP) is 1.75. The average Bonchev–Trinajstić information content (AvgIpc) is 3.02. The monoisotopic (exact) mass is 356 g/mol. The van der Waals surface area contributed by atoms with Crippen LogP contribution in [0.15, 0.2) is 11.4 Å². The van der Waals surface area contributed by atoms with E-state index in [9.17, 15) is 13.2 Å². The third-order valence-corrected chi connectivity index (χ3v) is 7.78. The van der Waals surface area contributed by atoms with Gasteiger partial charge in [0.2, 0.25) is 5.91 Å². The normalized spacial score (nSPS) is 30.1. The summed E-state index contributed by atoms with van der Waals surface area (Å²) in [5.74, 6) is 0.155. The second-order valence-electron chi connectivity index (χ2n) is 6.89. The Morgan fingerprint density at radius 3 is 2.96 bits per heavy atom. The Bertz CT molecular complexity index is 698. The summed E-state index contributed by atoms with van der Waals surface area (Å²) in [4.78, 5) is 16.1. The van der Waals surface area contributed by atoms with Gasteiger partial charge in [0.05, 0.1) is 23.6 Å². The van der Waals surface area contributed by atoms with Crippen molar-refractivity contribution < 1.29 is 13.2 Å². The van der Waals surface area contributed by atoms with Crippen LogP contribution in [-0.2, 0) is 21.1 Å². The Morgan fingerprint density at radius 2 is 2.30 bits per heavy atom. The van der Waals surface area contributed by atoms with Crippen LogP contribution >= 0.6 is 11.3 Å². The molecule has 0 bridgehead atoms. The van der Waals surface area contributed by atoms with Crippen LogP contribution in [0.5, 0.6) is 0 Å². The lowest BCUT2D eigenvalue weighted by atomic mass is 9.97. The molecule has 0 radical (unpaired) electrons. The van der Waals surface area contributed by atoms with Crippen LogP contribution in [-0.4, -0.2) is 49.4 Å². The fraction of sp³-hybridized carbons (Fsp3) is 0.688. The number of rotatable bonds is 4. The summed E-state index contributed by atoms with van der Waals surface area (Å²) in [6.45, 7) is 5.20. The summed E-state index contributed by atoms with van der Waals surface area (Å²) in [5, 5.41) is 5.09. The molecule has 2 atom stereocenters. The van der Waals surface area contributed by atoms with Crippen molar-refractivity contribution in [3.8, 4) is 0 Å². The Kier molecular flexibility index (Phi) is 4.55. The molecule has 23 heavy (non-hydrogen) atoms. The van der Waals surface area contributed by atoms with E-state index in [0.717, 1.165) is 19.4 Å². The number of sulfone groups is 1. The molecule has 3 heterocycles. The first kappa shape index (κ1) is 16.9. The first-order valence-electron chi connectivity index (χ1n) is 8.14. The van der Waals surface area contributed by atoms with Crippen molar-refractivity contribution in [3.05, 3.63) is 21.9 Å². The summed E-state index contributed by atoms with van der Waals surface area (Å²) in [7, 11) is -3.01. The molecule has 128 valence electrons. The van der Waals surface area contributed by atoms with E-state index in [1.165, 1.54) is 10.4 Å². The van der Waals surface area contributed by atoms with Crippen LogP contribution < -0.4 is 5.32 Å². The fourth-order valence-electron chi connectivity index (χ4n) is 3.79. The highest BCUT2D eigenvalue weighted by Crippen LogP contribution is 2.35. The molecule has 0 saturated carbocycles. The SMILES string of the molecule is CCC1c2ccsc2CCN1CC(=O)NC1(C)CCS(=O)(=O)C1. The summed E-state index contributed by atoms with van der Waals surface area (Å²) in [6.07, 6.45) is 2.47. The lowest BCUT2D eigenvalue weighted by Gasteiger charge is -2.35. The molecular formula is C16H24N2O3S2. The van der Waals surface area contributed by atoms with Gasteiger partial charge in [0.25, 0.3) is 0 Å².